The van der Waals surface area contributed by atoms with Crippen molar-refractivity contribution in [3.8, 4) is 11.5 Å². The van der Waals surface area contributed by atoms with Crippen LogP contribution in [0.4, 0.5) is 11.4 Å². The maximum atomic E-state index is 5.85. The van der Waals surface area contributed by atoms with Gasteiger partial charge in [-0.2, -0.15) is 0 Å². The van der Waals surface area contributed by atoms with Crippen molar-refractivity contribution in [2.45, 2.75) is 13.8 Å². The first-order chi connectivity index (χ1) is 9.04. The Morgan fingerprint density at radius 3 is 2.42 bits per heavy atom. The second-order valence-electron chi connectivity index (χ2n) is 4.78. The van der Waals surface area contributed by atoms with Gasteiger partial charge in [0.05, 0.1) is 0 Å². The fraction of sp³-hybridized carbons (Fsp3) is 0.133. The first-order valence-corrected chi connectivity index (χ1v) is 6.08. The molecule has 3 rings (SSSR count). The quantitative estimate of drug-likeness (QED) is 0.652. The van der Waals surface area contributed by atoms with Gasteiger partial charge in [0, 0.05) is 16.9 Å². The van der Waals surface area contributed by atoms with Crippen molar-refractivity contribution in [3.05, 3.63) is 41.5 Å². The molecule has 0 saturated heterocycles. The van der Waals surface area contributed by atoms with E-state index >= 15 is 0 Å². The highest BCUT2D eigenvalue weighted by molar-refractivity contribution is 5.83. The zero-order valence-corrected chi connectivity index (χ0v) is 10.9. The molecule has 0 atom stereocenters. The maximum Gasteiger partial charge on any atom is 0.227 e. The van der Waals surface area contributed by atoms with E-state index in [0.717, 1.165) is 33.5 Å². The molecule has 0 aliphatic heterocycles. The van der Waals surface area contributed by atoms with Crippen LogP contribution in [0.1, 0.15) is 11.1 Å². The summed E-state index contributed by atoms with van der Waals surface area (Å²) < 4.78 is 5.85. The number of hydrogen-bond donors (Lipinski definition) is 2. The number of anilines is 2. The van der Waals surface area contributed by atoms with Gasteiger partial charge in [-0.15, -0.1) is 0 Å². The van der Waals surface area contributed by atoms with Gasteiger partial charge in [0.1, 0.15) is 5.52 Å². The molecule has 19 heavy (non-hydrogen) atoms. The van der Waals surface area contributed by atoms with Crippen LogP contribution >= 0.6 is 0 Å². The van der Waals surface area contributed by atoms with Gasteiger partial charge in [0.15, 0.2) is 5.58 Å². The molecule has 0 radical (unpaired) electrons. The topological polar surface area (TPSA) is 78.1 Å². The van der Waals surface area contributed by atoms with Crippen molar-refractivity contribution in [2.75, 3.05) is 11.5 Å². The van der Waals surface area contributed by atoms with Crippen LogP contribution in [0.15, 0.2) is 34.7 Å². The minimum absolute atomic E-state index is 0.598. The smallest absolute Gasteiger partial charge is 0.227 e. The first-order valence-electron chi connectivity index (χ1n) is 6.08. The molecule has 0 spiro atoms. The average Bonchev–Trinajstić information content (AvgIpc) is 2.72. The van der Waals surface area contributed by atoms with Gasteiger partial charge >= 0.3 is 0 Å². The Balaban J connectivity index is 2.23. The molecular formula is C15H15N3O. The zero-order chi connectivity index (χ0) is 13.6. The number of fused-ring (bicyclic) bond motifs is 1. The lowest BCUT2D eigenvalue weighted by atomic mass is 10.1. The highest BCUT2D eigenvalue weighted by atomic mass is 16.3. The maximum absolute atomic E-state index is 5.85. The molecule has 0 bridgehead atoms. The Hall–Kier alpha value is -2.49. The molecule has 4 heteroatoms. The third-order valence-corrected chi connectivity index (χ3v) is 3.18. The lowest BCUT2D eigenvalue weighted by molar-refractivity contribution is 0.617. The van der Waals surface area contributed by atoms with Crippen LogP contribution in [-0.2, 0) is 0 Å². The molecule has 4 N–H and O–H groups in total. The molecule has 96 valence electrons. The second-order valence-corrected chi connectivity index (χ2v) is 4.78. The summed E-state index contributed by atoms with van der Waals surface area (Å²) in [5.41, 5.74) is 17.5. The van der Waals surface area contributed by atoms with Crippen molar-refractivity contribution in [3.63, 3.8) is 0 Å². The molecule has 0 unspecified atom stereocenters. The molecule has 4 nitrogen and oxygen atoms in total. The molecule has 0 saturated carbocycles. The van der Waals surface area contributed by atoms with Crippen LogP contribution in [0.2, 0.25) is 0 Å². The lowest BCUT2D eigenvalue weighted by Gasteiger charge is -2.01. The van der Waals surface area contributed by atoms with Crippen LogP contribution in [0, 0.1) is 13.8 Å². The summed E-state index contributed by atoms with van der Waals surface area (Å²) in [5.74, 6) is 0.598. The standard InChI is InChI=1S/C15H15N3O/c1-8-5-10(16)3-4-12(8)15-18-13-7-11(17)6-9(2)14(13)19-15/h3-7H,16-17H2,1-2H3. The summed E-state index contributed by atoms with van der Waals surface area (Å²) >= 11 is 0. The van der Waals surface area contributed by atoms with E-state index in [2.05, 4.69) is 4.98 Å². The number of nitrogen functional groups attached to an aromatic ring is 2. The summed E-state index contributed by atoms with van der Waals surface area (Å²) in [6, 6.07) is 9.38. The number of hydrogen-bond acceptors (Lipinski definition) is 4. The van der Waals surface area contributed by atoms with Crippen molar-refractivity contribution >= 4 is 22.5 Å². The molecule has 1 heterocycles. The third kappa shape index (κ3) is 1.91. The average molecular weight is 253 g/mol. The van der Waals surface area contributed by atoms with Crippen LogP contribution in [-0.4, -0.2) is 4.98 Å². The van der Waals surface area contributed by atoms with Crippen molar-refractivity contribution in [2.24, 2.45) is 0 Å². The number of aromatic nitrogens is 1. The largest absolute Gasteiger partial charge is 0.436 e. The van der Waals surface area contributed by atoms with Crippen LogP contribution in [0.3, 0.4) is 0 Å². The molecule has 0 aliphatic carbocycles. The highest BCUT2D eigenvalue weighted by Gasteiger charge is 2.12. The molecular weight excluding hydrogens is 238 g/mol. The third-order valence-electron chi connectivity index (χ3n) is 3.18. The van der Waals surface area contributed by atoms with E-state index in [9.17, 15) is 0 Å². The van der Waals surface area contributed by atoms with Gasteiger partial charge in [-0.1, -0.05) is 0 Å². The Morgan fingerprint density at radius 1 is 0.947 bits per heavy atom. The van der Waals surface area contributed by atoms with Gasteiger partial charge in [0.2, 0.25) is 5.89 Å². The fourth-order valence-corrected chi connectivity index (χ4v) is 2.27. The predicted molar refractivity (Wildman–Crippen MR) is 77.7 cm³/mol. The molecule has 0 aliphatic rings. The van der Waals surface area contributed by atoms with Gasteiger partial charge in [0.25, 0.3) is 0 Å². The minimum atomic E-state index is 0.598. The van der Waals surface area contributed by atoms with E-state index in [0.29, 0.717) is 11.6 Å². The second kappa shape index (κ2) is 4.02. The Kier molecular flexibility index (Phi) is 2.45. The number of rotatable bonds is 1. The SMILES string of the molecule is Cc1cc(N)ccc1-c1nc2cc(N)cc(C)c2o1. The highest BCUT2D eigenvalue weighted by Crippen LogP contribution is 2.30. The lowest BCUT2D eigenvalue weighted by Crippen LogP contribution is -1.88. The monoisotopic (exact) mass is 253 g/mol. The molecule has 1 aromatic heterocycles. The van der Waals surface area contributed by atoms with E-state index in [1.165, 1.54) is 0 Å². The van der Waals surface area contributed by atoms with Crippen LogP contribution in [0.25, 0.3) is 22.6 Å². The number of benzene rings is 2. The summed E-state index contributed by atoms with van der Waals surface area (Å²) in [6.45, 7) is 3.95. The summed E-state index contributed by atoms with van der Waals surface area (Å²) in [6.07, 6.45) is 0. The summed E-state index contributed by atoms with van der Waals surface area (Å²) in [5, 5.41) is 0. The fourth-order valence-electron chi connectivity index (χ4n) is 2.27. The van der Waals surface area contributed by atoms with Crippen molar-refractivity contribution in [1.29, 1.82) is 0 Å². The van der Waals surface area contributed by atoms with Gasteiger partial charge in [-0.25, -0.2) is 4.98 Å². The Morgan fingerprint density at radius 2 is 1.68 bits per heavy atom. The number of aryl methyl sites for hydroxylation is 2. The van der Waals surface area contributed by atoms with Crippen molar-refractivity contribution < 1.29 is 4.42 Å². The van der Waals surface area contributed by atoms with Gasteiger partial charge in [-0.3, -0.25) is 0 Å². The molecule has 0 amide bonds. The van der Waals surface area contributed by atoms with E-state index < -0.39 is 0 Å². The van der Waals surface area contributed by atoms with Crippen LogP contribution < -0.4 is 11.5 Å². The van der Waals surface area contributed by atoms with E-state index in [1.54, 1.807) is 0 Å². The summed E-state index contributed by atoms with van der Waals surface area (Å²) in [4.78, 5) is 4.51. The minimum Gasteiger partial charge on any atom is -0.436 e. The Bertz CT molecular complexity index is 774. The number of nitrogens with two attached hydrogens (primary N) is 2. The van der Waals surface area contributed by atoms with E-state index in [-0.39, 0.29) is 0 Å². The van der Waals surface area contributed by atoms with Crippen molar-refractivity contribution in [1.82, 2.24) is 4.98 Å². The summed E-state index contributed by atoms with van der Waals surface area (Å²) in [7, 11) is 0. The Labute approximate surface area is 111 Å². The molecule has 3 aromatic rings. The van der Waals surface area contributed by atoms with E-state index in [4.69, 9.17) is 15.9 Å². The van der Waals surface area contributed by atoms with Gasteiger partial charge < -0.3 is 15.9 Å². The first kappa shape index (κ1) is 11.6. The molecule has 0 fully saturated rings. The predicted octanol–water partition coefficient (Wildman–Crippen LogP) is 3.28. The number of nitrogens with zero attached hydrogens (tertiary/aromatic N) is 1. The van der Waals surface area contributed by atoms with Gasteiger partial charge in [-0.05, 0) is 55.3 Å². The zero-order valence-electron chi connectivity index (χ0n) is 10.9. The molecule has 2 aromatic carbocycles. The van der Waals surface area contributed by atoms with Crippen LogP contribution in [0.5, 0.6) is 0 Å². The normalized spacial score (nSPS) is 11.1. The number of oxazole rings is 1. The van der Waals surface area contributed by atoms with E-state index in [1.807, 2.05) is 44.2 Å².